The van der Waals surface area contributed by atoms with Crippen LogP contribution in [-0.2, 0) is 17.9 Å². The molecule has 0 spiro atoms. The van der Waals surface area contributed by atoms with E-state index in [0.29, 0.717) is 6.54 Å². The maximum Gasteiger partial charge on any atom is 0.356 e. The van der Waals surface area contributed by atoms with Gasteiger partial charge in [0.25, 0.3) is 5.91 Å². The van der Waals surface area contributed by atoms with Gasteiger partial charge in [0, 0.05) is 31.9 Å². The number of hydrogen-bond donors (Lipinski definition) is 3. The highest BCUT2D eigenvalue weighted by Gasteiger charge is 2.16. The van der Waals surface area contributed by atoms with E-state index in [1.54, 1.807) is 0 Å². The SMILES string of the molecule is CCn1cc(NC(=O)CCn2ccc(C(=O)O)n2)c(C(N)=O)n1. The third-order valence-corrected chi connectivity index (χ3v) is 3.02. The molecule has 0 saturated carbocycles. The zero-order valence-electron chi connectivity index (χ0n) is 12.4. The van der Waals surface area contributed by atoms with E-state index < -0.39 is 11.9 Å². The molecule has 2 heterocycles. The molecule has 2 aromatic rings. The number of primary amides is 1. The normalized spacial score (nSPS) is 10.5. The van der Waals surface area contributed by atoms with Crippen molar-refractivity contribution in [1.82, 2.24) is 19.6 Å². The van der Waals surface area contributed by atoms with E-state index in [-0.39, 0.29) is 35.9 Å². The highest BCUT2D eigenvalue weighted by atomic mass is 16.4. The Morgan fingerprint density at radius 2 is 2.04 bits per heavy atom. The topological polar surface area (TPSA) is 145 Å². The number of aryl methyl sites for hydroxylation is 2. The molecular formula is C13H16N6O4. The predicted molar refractivity (Wildman–Crippen MR) is 78.9 cm³/mol. The van der Waals surface area contributed by atoms with Crippen molar-refractivity contribution in [2.45, 2.75) is 26.4 Å². The Balaban J connectivity index is 1.98. The van der Waals surface area contributed by atoms with Crippen molar-refractivity contribution in [2.75, 3.05) is 5.32 Å². The number of carboxylic acids is 1. The molecule has 0 saturated heterocycles. The second-order valence-electron chi connectivity index (χ2n) is 4.68. The summed E-state index contributed by atoms with van der Waals surface area (Å²) in [6.45, 7) is 2.56. The van der Waals surface area contributed by atoms with Crippen molar-refractivity contribution >= 4 is 23.5 Å². The number of nitrogens with two attached hydrogens (primary N) is 1. The lowest BCUT2D eigenvalue weighted by molar-refractivity contribution is -0.116. The molecule has 122 valence electrons. The van der Waals surface area contributed by atoms with Crippen molar-refractivity contribution < 1.29 is 19.5 Å². The van der Waals surface area contributed by atoms with Crippen LogP contribution in [0.3, 0.4) is 0 Å². The minimum absolute atomic E-state index is 0.00699. The Bertz CT molecular complexity index is 747. The summed E-state index contributed by atoms with van der Waals surface area (Å²) in [5, 5.41) is 19.1. The Morgan fingerprint density at radius 1 is 1.30 bits per heavy atom. The number of anilines is 1. The number of hydrogen-bond acceptors (Lipinski definition) is 5. The van der Waals surface area contributed by atoms with Crippen LogP contribution >= 0.6 is 0 Å². The molecule has 23 heavy (non-hydrogen) atoms. The van der Waals surface area contributed by atoms with Gasteiger partial charge >= 0.3 is 5.97 Å². The molecule has 4 N–H and O–H groups in total. The molecule has 0 bridgehead atoms. The number of carboxylic acid groups (broad SMARTS) is 1. The summed E-state index contributed by atoms with van der Waals surface area (Å²) >= 11 is 0. The standard InChI is InChI=1S/C13H16N6O4/c1-2-18-7-9(11(17-18)12(14)21)15-10(20)4-6-19-5-3-8(16-19)13(22)23/h3,5,7H,2,4,6H2,1H3,(H2,14,21)(H,15,20)(H,22,23). The van der Waals surface area contributed by atoms with Crippen LogP contribution in [0.4, 0.5) is 5.69 Å². The van der Waals surface area contributed by atoms with Gasteiger partial charge in [-0.25, -0.2) is 4.79 Å². The maximum atomic E-state index is 11.9. The van der Waals surface area contributed by atoms with Gasteiger partial charge in [0.2, 0.25) is 5.91 Å². The van der Waals surface area contributed by atoms with E-state index in [2.05, 4.69) is 15.5 Å². The number of aromatic nitrogens is 4. The summed E-state index contributed by atoms with van der Waals surface area (Å²) in [6, 6.07) is 1.34. The van der Waals surface area contributed by atoms with Gasteiger partial charge in [-0.1, -0.05) is 0 Å². The number of nitrogens with one attached hydrogen (secondary N) is 1. The summed E-state index contributed by atoms with van der Waals surface area (Å²) < 4.78 is 2.84. The fourth-order valence-corrected chi connectivity index (χ4v) is 1.89. The van der Waals surface area contributed by atoms with Gasteiger partial charge < -0.3 is 16.2 Å². The second kappa shape index (κ2) is 6.73. The molecule has 0 radical (unpaired) electrons. The molecule has 0 aliphatic heterocycles. The smallest absolute Gasteiger partial charge is 0.356 e. The lowest BCUT2D eigenvalue weighted by Gasteiger charge is -2.04. The molecule has 0 atom stereocenters. The van der Waals surface area contributed by atoms with E-state index in [1.165, 1.54) is 27.8 Å². The third-order valence-electron chi connectivity index (χ3n) is 3.02. The average Bonchev–Trinajstić information content (AvgIpc) is 3.11. The molecular weight excluding hydrogens is 304 g/mol. The molecule has 0 unspecified atom stereocenters. The van der Waals surface area contributed by atoms with Crippen molar-refractivity contribution in [3.8, 4) is 0 Å². The van der Waals surface area contributed by atoms with Gasteiger partial charge in [0.1, 0.15) is 0 Å². The van der Waals surface area contributed by atoms with Crippen LogP contribution in [0.1, 0.15) is 34.3 Å². The van der Waals surface area contributed by atoms with Gasteiger partial charge in [0.15, 0.2) is 11.4 Å². The molecule has 2 aromatic heterocycles. The molecule has 0 fully saturated rings. The van der Waals surface area contributed by atoms with Gasteiger partial charge in [-0.3, -0.25) is 19.0 Å². The molecule has 10 heteroatoms. The molecule has 0 aliphatic carbocycles. The summed E-state index contributed by atoms with van der Waals surface area (Å²) in [4.78, 5) is 34.0. The molecule has 0 aliphatic rings. The van der Waals surface area contributed by atoms with Gasteiger partial charge in [0.05, 0.1) is 5.69 Å². The fraction of sp³-hybridized carbons (Fsp3) is 0.308. The lowest BCUT2D eigenvalue weighted by Crippen LogP contribution is -2.19. The van der Waals surface area contributed by atoms with Crippen LogP contribution in [0.5, 0.6) is 0 Å². The average molecular weight is 320 g/mol. The Labute approximate surface area is 130 Å². The van der Waals surface area contributed by atoms with Crippen molar-refractivity contribution in [2.24, 2.45) is 5.73 Å². The monoisotopic (exact) mass is 320 g/mol. The molecule has 2 rings (SSSR count). The maximum absolute atomic E-state index is 11.9. The van der Waals surface area contributed by atoms with E-state index in [4.69, 9.17) is 10.8 Å². The Kier molecular flexibility index (Phi) is 4.74. The number of rotatable bonds is 7. The highest BCUT2D eigenvalue weighted by Crippen LogP contribution is 2.13. The highest BCUT2D eigenvalue weighted by molar-refractivity contribution is 6.01. The molecule has 10 nitrogen and oxygen atoms in total. The largest absolute Gasteiger partial charge is 0.476 e. The van der Waals surface area contributed by atoms with Gasteiger partial charge in [-0.05, 0) is 13.0 Å². The van der Waals surface area contributed by atoms with Gasteiger partial charge in [-0.15, -0.1) is 0 Å². The third kappa shape index (κ3) is 3.93. The van der Waals surface area contributed by atoms with Crippen LogP contribution in [0.2, 0.25) is 0 Å². The summed E-state index contributed by atoms with van der Waals surface area (Å²) in [6.07, 6.45) is 3.05. The van der Waals surface area contributed by atoms with Crippen LogP contribution in [0.15, 0.2) is 18.5 Å². The Hall–Kier alpha value is -3.17. The number of aromatic carboxylic acids is 1. The molecule has 2 amide bonds. The zero-order chi connectivity index (χ0) is 17.0. The fourth-order valence-electron chi connectivity index (χ4n) is 1.89. The summed E-state index contributed by atoms with van der Waals surface area (Å²) in [5.74, 6) is -2.23. The van der Waals surface area contributed by atoms with Gasteiger partial charge in [-0.2, -0.15) is 10.2 Å². The van der Waals surface area contributed by atoms with E-state index in [1.807, 2.05) is 6.92 Å². The Morgan fingerprint density at radius 3 is 2.61 bits per heavy atom. The quantitative estimate of drug-likeness (QED) is 0.651. The zero-order valence-corrected chi connectivity index (χ0v) is 12.4. The second-order valence-corrected chi connectivity index (χ2v) is 4.68. The van der Waals surface area contributed by atoms with Crippen LogP contribution in [-0.4, -0.2) is 42.5 Å². The van der Waals surface area contributed by atoms with Crippen molar-refractivity contribution in [1.29, 1.82) is 0 Å². The number of amides is 2. The lowest BCUT2D eigenvalue weighted by atomic mass is 10.3. The van der Waals surface area contributed by atoms with E-state index in [9.17, 15) is 14.4 Å². The first kappa shape index (κ1) is 16.2. The number of carbonyl (C=O) groups is 3. The van der Waals surface area contributed by atoms with Crippen LogP contribution in [0, 0.1) is 0 Å². The summed E-state index contributed by atoms with van der Waals surface area (Å²) in [5.41, 5.74) is 5.37. The van der Waals surface area contributed by atoms with E-state index in [0.717, 1.165) is 0 Å². The first-order valence-electron chi connectivity index (χ1n) is 6.84. The van der Waals surface area contributed by atoms with Crippen LogP contribution < -0.4 is 11.1 Å². The minimum atomic E-state index is -1.13. The van der Waals surface area contributed by atoms with Crippen molar-refractivity contribution in [3.05, 3.63) is 29.8 Å². The van der Waals surface area contributed by atoms with Crippen molar-refractivity contribution in [3.63, 3.8) is 0 Å². The minimum Gasteiger partial charge on any atom is -0.476 e. The first-order valence-corrected chi connectivity index (χ1v) is 6.84. The first-order chi connectivity index (χ1) is 10.9. The van der Waals surface area contributed by atoms with Crippen LogP contribution in [0.25, 0.3) is 0 Å². The molecule has 0 aromatic carbocycles. The summed E-state index contributed by atoms with van der Waals surface area (Å²) in [7, 11) is 0. The number of carbonyl (C=O) groups excluding carboxylic acids is 2. The number of nitrogens with zero attached hydrogens (tertiary/aromatic N) is 4. The van der Waals surface area contributed by atoms with E-state index >= 15 is 0 Å². The predicted octanol–water partition coefficient (Wildman–Crippen LogP) is -0.0746.